The maximum absolute atomic E-state index is 5.41. The molecule has 1 unspecified atom stereocenters. The number of hydrogen-bond acceptors (Lipinski definition) is 3. The number of benzene rings is 1. The first kappa shape index (κ1) is 15.8. The number of hydrogen-bond donors (Lipinski definition) is 1. The van der Waals surface area contributed by atoms with Gasteiger partial charge in [-0.25, -0.2) is 0 Å². The van der Waals surface area contributed by atoms with Crippen molar-refractivity contribution in [1.82, 2.24) is 5.32 Å². The van der Waals surface area contributed by atoms with Crippen molar-refractivity contribution in [2.75, 3.05) is 20.8 Å². The van der Waals surface area contributed by atoms with Gasteiger partial charge in [0.1, 0.15) is 0 Å². The highest BCUT2D eigenvalue weighted by atomic mass is 16.5. The second kappa shape index (κ2) is 8.05. The van der Waals surface area contributed by atoms with Crippen LogP contribution >= 0.6 is 0 Å². The summed E-state index contributed by atoms with van der Waals surface area (Å²) in [6, 6.07) is 4.56. The molecule has 3 heteroatoms. The Morgan fingerprint density at radius 1 is 1.11 bits per heavy atom. The lowest BCUT2D eigenvalue weighted by Gasteiger charge is -2.22. The van der Waals surface area contributed by atoms with Gasteiger partial charge in [0.15, 0.2) is 11.5 Å². The van der Waals surface area contributed by atoms with Crippen LogP contribution in [0.25, 0.3) is 0 Å². The summed E-state index contributed by atoms with van der Waals surface area (Å²) in [7, 11) is 3.36. The Bertz CT molecular complexity index is 391. The quantitative estimate of drug-likeness (QED) is 0.774. The lowest BCUT2D eigenvalue weighted by atomic mass is 9.96. The predicted octanol–water partition coefficient (Wildman–Crippen LogP) is 3.85. The van der Waals surface area contributed by atoms with Crippen molar-refractivity contribution in [3.05, 3.63) is 23.3 Å². The fourth-order valence-corrected chi connectivity index (χ4v) is 2.39. The number of rotatable bonds is 8. The number of methoxy groups -OCH3 is 2. The number of nitrogens with one attached hydrogen (secondary N) is 1. The molecular formula is C16H27NO2. The van der Waals surface area contributed by atoms with Crippen LogP contribution in [-0.2, 0) is 0 Å². The monoisotopic (exact) mass is 265 g/mol. The van der Waals surface area contributed by atoms with Gasteiger partial charge in [-0.3, -0.25) is 0 Å². The molecule has 108 valence electrons. The van der Waals surface area contributed by atoms with E-state index in [-0.39, 0.29) is 0 Å². The van der Waals surface area contributed by atoms with E-state index in [9.17, 15) is 0 Å². The molecule has 1 aromatic carbocycles. The zero-order chi connectivity index (χ0) is 14.3. The molecule has 3 nitrogen and oxygen atoms in total. The van der Waals surface area contributed by atoms with Crippen LogP contribution in [0.4, 0.5) is 0 Å². The van der Waals surface area contributed by atoms with Crippen LogP contribution in [-0.4, -0.2) is 20.8 Å². The Morgan fingerprint density at radius 2 is 1.74 bits per heavy atom. The van der Waals surface area contributed by atoms with Gasteiger partial charge in [-0.1, -0.05) is 26.7 Å². The average Bonchev–Trinajstić information content (AvgIpc) is 2.43. The molecule has 0 aromatic heterocycles. The van der Waals surface area contributed by atoms with E-state index in [4.69, 9.17) is 9.47 Å². The summed E-state index contributed by atoms with van der Waals surface area (Å²) in [4.78, 5) is 0. The molecule has 1 rings (SSSR count). The smallest absolute Gasteiger partial charge is 0.161 e. The first-order chi connectivity index (χ1) is 9.17. The lowest BCUT2D eigenvalue weighted by molar-refractivity contribution is 0.353. The lowest BCUT2D eigenvalue weighted by Crippen LogP contribution is -2.21. The van der Waals surface area contributed by atoms with E-state index in [0.717, 1.165) is 24.5 Å². The van der Waals surface area contributed by atoms with Crippen LogP contribution in [0.15, 0.2) is 12.1 Å². The first-order valence-corrected chi connectivity index (χ1v) is 7.13. The van der Waals surface area contributed by atoms with Gasteiger partial charge >= 0.3 is 0 Å². The Morgan fingerprint density at radius 3 is 2.26 bits per heavy atom. The van der Waals surface area contributed by atoms with Crippen molar-refractivity contribution in [3.8, 4) is 11.5 Å². The van der Waals surface area contributed by atoms with Crippen molar-refractivity contribution in [1.29, 1.82) is 0 Å². The van der Waals surface area contributed by atoms with E-state index in [1.807, 2.05) is 0 Å². The van der Waals surface area contributed by atoms with Crippen LogP contribution < -0.4 is 14.8 Å². The number of ether oxygens (including phenoxy) is 2. The summed E-state index contributed by atoms with van der Waals surface area (Å²) in [6.45, 7) is 7.48. The van der Waals surface area contributed by atoms with E-state index in [2.05, 4.69) is 38.2 Å². The minimum Gasteiger partial charge on any atom is -0.493 e. The average molecular weight is 265 g/mol. The minimum absolute atomic E-state index is 0.393. The van der Waals surface area contributed by atoms with E-state index in [0.29, 0.717) is 6.04 Å². The molecule has 0 heterocycles. The van der Waals surface area contributed by atoms with Crippen molar-refractivity contribution < 1.29 is 9.47 Å². The third kappa shape index (κ3) is 4.13. The Hall–Kier alpha value is -1.22. The van der Waals surface area contributed by atoms with Crippen LogP contribution in [0.1, 0.15) is 50.3 Å². The largest absolute Gasteiger partial charge is 0.493 e. The molecule has 0 bridgehead atoms. The molecule has 0 saturated heterocycles. The predicted molar refractivity (Wildman–Crippen MR) is 80.2 cm³/mol. The molecule has 0 amide bonds. The van der Waals surface area contributed by atoms with Gasteiger partial charge in [-0.2, -0.15) is 0 Å². The molecule has 0 radical (unpaired) electrons. The minimum atomic E-state index is 0.393. The topological polar surface area (TPSA) is 30.5 Å². The normalized spacial score (nSPS) is 12.3. The van der Waals surface area contributed by atoms with Crippen LogP contribution in [0.3, 0.4) is 0 Å². The van der Waals surface area contributed by atoms with E-state index >= 15 is 0 Å². The Labute approximate surface area is 117 Å². The Balaban J connectivity index is 3.07. The number of aryl methyl sites for hydroxylation is 1. The van der Waals surface area contributed by atoms with Crippen LogP contribution in [0.2, 0.25) is 0 Å². The molecule has 0 aliphatic rings. The van der Waals surface area contributed by atoms with Gasteiger partial charge in [-0.05, 0) is 43.1 Å². The number of unbranched alkanes of at least 4 members (excludes halogenated alkanes) is 1. The third-order valence-electron chi connectivity index (χ3n) is 3.44. The molecule has 19 heavy (non-hydrogen) atoms. The van der Waals surface area contributed by atoms with Gasteiger partial charge < -0.3 is 14.8 Å². The fraction of sp³-hybridized carbons (Fsp3) is 0.625. The molecule has 0 spiro atoms. The summed E-state index contributed by atoms with van der Waals surface area (Å²) in [5.41, 5.74) is 2.56. The van der Waals surface area contributed by atoms with Gasteiger partial charge in [0, 0.05) is 6.04 Å². The molecule has 0 fully saturated rings. The molecule has 0 aliphatic carbocycles. The molecule has 1 atom stereocenters. The third-order valence-corrected chi connectivity index (χ3v) is 3.44. The van der Waals surface area contributed by atoms with E-state index < -0.39 is 0 Å². The van der Waals surface area contributed by atoms with Crippen LogP contribution in [0.5, 0.6) is 11.5 Å². The zero-order valence-electron chi connectivity index (χ0n) is 12.9. The molecular weight excluding hydrogens is 238 g/mol. The van der Waals surface area contributed by atoms with Crippen LogP contribution in [0, 0.1) is 6.92 Å². The van der Waals surface area contributed by atoms with E-state index in [1.165, 1.54) is 24.0 Å². The van der Waals surface area contributed by atoms with Crippen molar-refractivity contribution in [2.45, 2.75) is 46.1 Å². The molecule has 0 saturated carbocycles. The first-order valence-electron chi connectivity index (χ1n) is 7.13. The second-order valence-corrected chi connectivity index (χ2v) is 4.82. The summed E-state index contributed by atoms with van der Waals surface area (Å²) in [5, 5.41) is 3.57. The summed E-state index contributed by atoms with van der Waals surface area (Å²) < 4.78 is 10.8. The standard InChI is InChI=1S/C16H27NO2/c1-6-8-9-14(17-7-2)13-11-16(19-5)15(18-4)10-12(13)3/h10-11,14,17H,6-9H2,1-5H3. The highest BCUT2D eigenvalue weighted by molar-refractivity contribution is 5.48. The van der Waals surface area contributed by atoms with Gasteiger partial charge in [0.05, 0.1) is 14.2 Å². The maximum atomic E-state index is 5.41. The molecule has 0 aliphatic heterocycles. The summed E-state index contributed by atoms with van der Waals surface area (Å²) in [5.74, 6) is 1.61. The SMILES string of the molecule is CCCCC(NCC)c1cc(OC)c(OC)cc1C. The van der Waals surface area contributed by atoms with Crippen molar-refractivity contribution >= 4 is 0 Å². The van der Waals surface area contributed by atoms with Gasteiger partial charge in [-0.15, -0.1) is 0 Å². The van der Waals surface area contributed by atoms with Crippen molar-refractivity contribution in [3.63, 3.8) is 0 Å². The van der Waals surface area contributed by atoms with Crippen molar-refractivity contribution in [2.24, 2.45) is 0 Å². The Kier molecular flexibility index (Phi) is 6.71. The highest BCUT2D eigenvalue weighted by Gasteiger charge is 2.16. The fourth-order valence-electron chi connectivity index (χ4n) is 2.39. The molecule has 1 aromatic rings. The highest BCUT2D eigenvalue weighted by Crippen LogP contribution is 2.34. The molecule has 1 N–H and O–H groups in total. The summed E-state index contributed by atoms with van der Waals surface area (Å²) in [6.07, 6.45) is 3.60. The summed E-state index contributed by atoms with van der Waals surface area (Å²) >= 11 is 0. The van der Waals surface area contributed by atoms with E-state index in [1.54, 1.807) is 14.2 Å². The second-order valence-electron chi connectivity index (χ2n) is 4.82. The van der Waals surface area contributed by atoms with Gasteiger partial charge in [0.2, 0.25) is 0 Å². The maximum Gasteiger partial charge on any atom is 0.161 e. The van der Waals surface area contributed by atoms with Gasteiger partial charge in [0.25, 0.3) is 0 Å². The zero-order valence-corrected chi connectivity index (χ0v) is 12.9.